The van der Waals surface area contributed by atoms with Gasteiger partial charge in [0, 0.05) is 18.2 Å². The summed E-state index contributed by atoms with van der Waals surface area (Å²) >= 11 is 0. The van der Waals surface area contributed by atoms with E-state index in [2.05, 4.69) is 16.8 Å². The number of nitrogens with zero attached hydrogens (tertiary/aromatic N) is 1. The van der Waals surface area contributed by atoms with Crippen molar-refractivity contribution in [2.24, 2.45) is 0 Å². The Morgan fingerprint density at radius 1 is 1.11 bits per heavy atom. The highest BCUT2D eigenvalue weighted by atomic mass is 16.4. The monoisotopic (exact) mass is 251 g/mol. The molecule has 1 aromatic carbocycles. The number of rotatable bonds is 3. The van der Waals surface area contributed by atoms with E-state index in [4.69, 9.17) is 5.11 Å². The third-order valence-corrected chi connectivity index (χ3v) is 2.58. The van der Waals surface area contributed by atoms with Crippen LogP contribution < -0.4 is 0 Å². The molecular formula is C16H13NO2. The maximum atomic E-state index is 10.5. The van der Waals surface area contributed by atoms with E-state index in [-0.39, 0.29) is 6.42 Å². The van der Waals surface area contributed by atoms with E-state index in [0.717, 1.165) is 16.8 Å². The highest BCUT2D eigenvalue weighted by Gasteiger charge is 1.98. The lowest BCUT2D eigenvalue weighted by Gasteiger charge is -1.98. The van der Waals surface area contributed by atoms with Gasteiger partial charge in [0.15, 0.2) is 0 Å². The molecule has 0 aliphatic heterocycles. The Morgan fingerprint density at radius 2 is 1.89 bits per heavy atom. The first-order chi connectivity index (χ1) is 9.24. The summed E-state index contributed by atoms with van der Waals surface area (Å²) in [7, 11) is 0. The van der Waals surface area contributed by atoms with Gasteiger partial charge < -0.3 is 5.11 Å². The van der Waals surface area contributed by atoms with Gasteiger partial charge in [-0.1, -0.05) is 24.1 Å². The Hall–Kier alpha value is -2.60. The van der Waals surface area contributed by atoms with Crippen LogP contribution in [0.25, 0.3) is 0 Å². The zero-order chi connectivity index (χ0) is 13.5. The zero-order valence-electron chi connectivity index (χ0n) is 10.3. The molecule has 1 aromatic heterocycles. The minimum Gasteiger partial charge on any atom is -0.481 e. The average molecular weight is 251 g/mol. The highest BCUT2D eigenvalue weighted by molar-refractivity contribution is 5.67. The number of benzene rings is 1. The third-order valence-electron chi connectivity index (χ3n) is 2.58. The molecule has 0 atom stereocenters. The fourth-order valence-corrected chi connectivity index (χ4v) is 1.58. The molecule has 1 heterocycles. The summed E-state index contributed by atoms with van der Waals surface area (Å²) in [5.41, 5.74) is 2.63. The molecule has 3 heteroatoms. The van der Waals surface area contributed by atoms with Crippen molar-refractivity contribution < 1.29 is 9.90 Å². The summed E-state index contributed by atoms with van der Waals surface area (Å²) in [6.07, 6.45) is 2.40. The fourth-order valence-electron chi connectivity index (χ4n) is 1.58. The van der Waals surface area contributed by atoms with E-state index in [1.54, 1.807) is 6.20 Å². The van der Waals surface area contributed by atoms with Crippen LogP contribution in [0.2, 0.25) is 0 Å². The van der Waals surface area contributed by atoms with Crippen molar-refractivity contribution >= 4 is 5.97 Å². The molecule has 0 aliphatic rings. The van der Waals surface area contributed by atoms with Crippen molar-refractivity contribution in [3.8, 4) is 11.8 Å². The molecule has 2 aromatic rings. The van der Waals surface area contributed by atoms with Crippen LogP contribution in [0.3, 0.4) is 0 Å². The van der Waals surface area contributed by atoms with Crippen LogP contribution >= 0.6 is 0 Å². The lowest BCUT2D eigenvalue weighted by molar-refractivity contribution is -0.136. The Morgan fingerprint density at radius 3 is 2.53 bits per heavy atom. The number of carboxylic acid groups (broad SMARTS) is 1. The van der Waals surface area contributed by atoms with Crippen molar-refractivity contribution in [1.29, 1.82) is 0 Å². The maximum Gasteiger partial charge on any atom is 0.303 e. The van der Waals surface area contributed by atoms with E-state index in [0.29, 0.717) is 6.42 Å². The SMILES string of the molecule is O=C(O)CCc1ccc(C#Cc2ccccn2)cc1. The summed E-state index contributed by atoms with van der Waals surface area (Å²) < 4.78 is 0. The second-order valence-corrected chi connectivity index (χ2v) is 4.06. The fraction of sp³-hybridized carbons (Fsp3) is 0.125. The smallest absolute Gasteiger partial charge is 0.303 e. The summed E-state index contributed by atoms with van der Waals surface area (Å²) in [5.74, 6) is 5.22. The van der Waals surface area contributed by atoms with Gasteiger partial charge in [0.25, 0.3) is 0 Å². The number of carbonyl (C=O) groups is 1. The number of aliphatic carboxylic acids is 1. The van der Waals surface area contributed by atoms with E-state index in [1.807, 2.05) is 42.5 Å². The molecule has 0 spiro atoms. The number of aryl methyl sites for hydroxylation is 1. The molecule has 0 saturated heterocycles. The van der Waals surface area contributed by atoms with Crippen LogP contribution in [-0.2, 0) is 11.2 Å². The van der Waals surface area contributed by atoms with Gasteiger partial charge in [-0.05, 0) is 42.2 Å². The molecule has 1 N–H and O–H groups in total. The van der Waals surface area contributed by atoms with Gasteiger partial charge in [0.05, 0.1) is 0 Å². The molecular weight excluding hydrogens is 238 g/mol. The zero-order valence-corrected chi connectivity index (χ0v) is 10.3. The van der Waals surface area contributed by atoms with Crippen molar-refractivity contribution in [3.63, 3.8) is 0 Å². The van der Waals surface area contributed by atoms with Crippen molar-refractivity contribution in [2.75, 3.05) is 0 Å². The largest absolute Gasteiger partial charge is 0.481 e. The number of hydrogen-bond donors (Lipinski definition) is 1. The number of aromatic nitrogens is 1. The van der Waals surface area contributed by atoms with Gasteiger partial charge in [0.1, 0.15) is 5.69 Å². The first-order valence-corrected chi connectivity index (χ1v) is 5.98. The van der Waals surface area contributed by atoms with E-state index < -0.39 is 5.97 Å². The van der Waals surface area contributed by atoms with Gasteiger partial charge in [-0.25, -0.2) is 4.98 Å². The quantitative estimate of drug-likeness (QED) is 0.853. The van der Waals surface area contributed by atoms with Crippen LogP contribution in [0.5, 0.6) is 0 Å². The van der Waals surface area contributed by atoms with E-state index in [9.17, 15) is 4.79 Å². The van der Waals surface area contributed by atoms with Gasteiger partial charge in [-0.3, -0.25) is 4.79 Å². The third kappa shape index (κ3) is 4.29. The first-order valence-electron chi connectivity index (χ1n) is 5.98. The molecule has 3 nitrogen and oxygen atoms in total. The van der Waals surface area contributed by atoms with E-state index >= 15 is 0 Å². The van der Waals surface area contributed by atoms with Gasteiger partial charge in [-0.15, -0.1) is 0 Å². The molecule has 0 radical (unpaired) electrons. The highest BCUT2D eigenvalue weighted by Crippen LogP contribution is 2.06. The van der Waals surface area contributed by atoms with Crippen LogP contribution in [0.15, 0.2) is 48.7 Å². The molecule has 0 saturated carbocycles. The summed E-state index contributed by atoms with van der Waals surface area (Å²) in [6, 6.07) is 13.2. The summed E-state index contributed by atoms with van der Waals surface area (Å²) in [5, 5.41) is 8.61. The molecule has 2 rings (SSSR count). The van der Waals surface area contributed by atoms with E-state index in [1.165, 1.54) is 0 Å². The molecule has 0 fully saturated rings. The Labute approximate surface area is 111 Å². The Kier molecular flexibility index (Phi) is 4.30. The van der Waals surface area contributed by atoms with Crippen LogP contribution in [0.4, 0.5) is 0 Å². The number of hydrogen-bond acceptors (Lipinski definition) is 2. The summed E-state index contributed by atoms with van der Waals surface area (Å²) in [4.78, 5) is 14.6. The predicted molar refractivity (Wildman–Crippen MR) is 72.6 cm³/mol. The van der Waals surface area contributed by atoms with Gasteiger partial charge in [0.2, 0.25) is 0 Å². The molecule has 0 amide bonds. The number of carboxylic acids is 1. The van der Waals surface area contributed by atoms with Crippen molar-refractivity contribution in [1.82, 2.24) is 4.98 Å². The molecule has 0 unspecified atom stereocenters. The van der Waals surface area contributed by atoms with Crippen molar-refractivity contribution in [2.45, 2.75) is 12.8 Å². The minimum absolute atomic E-state index is 0.152. The standard InChI is InChI=1S/C16H13NO2/c18-16(19)11-9-14-6-4-13(5-7-14)8-10-15-3-1-2-12-17-15/h1-7,12H,9,11H2,(H,18,19). The predicted octanol–water partition coefficient (Wildman–Crippen LogP) is 2.50. The lowest BCUT2D eigenvalue weighted by Crippen LogP contribution is -1.97. The van der Waals surface area contributed by atoms with Gasteiger partial charge in [-0.2, -0.15) is 0 Å². The molecule has 19 heavy (non-hydrogen) atoms. The average Bonchev–Trinajstić information content (AvgIpc) is 2.45. The lowest BCUT2D eigenvalue weighted by atomic mass is 10.1. The molecule has 0 bridgehead atoms. The second-order valence-electron chi connectivity index (χ2n) is 4.06. The maximum absolute atomic E-state index is 10.5. The van der Waals surface area contributed by atoms with Crippen LogP contribution in [0, 0.1) is 11.8 Å². The topological polar surface area (TPSA) is 50.2 Å². The molecule has 0 aliphatic carbocycles. The minimum atomic E-state index is -0.779. The van der Waals surface area contributed by atoms with Crippen molar-refractivity contribution in [3.05, 3.63) is 65.5 Å². The molecule has 94 valence electrons. The Bertz CT molecular complexity index is 607. The number of pyridine rings is 1. The van der Waals surface area contributed by atoms with Crippen LogP contribution in [0.1, 0.15) is 23.2 Å². The first kappa shape index (κ1) is 12.8. The second kappa shape index (κ2) is 6.36. The van der Waals surface area contributed by atoms with Gasteiger partial charge >= 0.3 is 5.97 Å². The van der Waals surface area contributed by atoms with Crippen LogP contribution in [-0.4, -0.2) is 16.1 Å². The Balaban J connectivity index is 2.03. The summed E-state index contributed by atoms with van der Waals surface area (Å²) in [6.45, 7) is 0. The normalized spacial score (nSPS) is 9.47.